The summed E-state index contributed by atoms with van der Waals surface area (Å²) < 4.78 is 39.0. The third-order valence-electron chi connectivity index (χ3n) is 2.55. The van der Waals surface area contributed by atoms with Gasteiger partial charge in [-0.1, -0.05) is 0 Å². The van der Waals surface area contributed by atoms with Crippen LogP contribution in [-0.4, -0.2) is 28.5 Å². The molecule has 0 aliphatic carbocycles. The highest BCUT2D eigenvalue weighted by atomic mass is 19.4. The summed E-state index contributed by atoms with van der Waals surface area (Å²) in [5, 5.41) is 13.0. The van der Waals surface area contributed by atoms with Gasteiger partial charge in [0.2, 0.25) is 0 Å². The van der Waals surface area contributed by atoms with Gasteiger partial charge in [-0.15, -0.1) is 0 Å². The predicted molar refractivity (Wildman–Crippen MR) is 61.2 cm³/mol. The molecule has 0 atom stereocenters. The van der Waals surface area contributed by atoms with Gasteiger partial charge < -0.3 is 4.90 Å². The second-order valence-corrected chi connectivity index (χ2v) is 4.36. The first-order valence-electron chi connectivity index (χ1n) is 5.44. The van der Waals surface area contributed by atoms with E-state index in [1.54, 1.807) is 20.8 Å². The average molecular weight is 260 g/mol. The fourth-order valence-electron chi connectivity index (χ4n) is 1.80. The lowest BCUT2D eigenvalue weighted by molar-refractivity contribution is -0.120. The van der Waals surface area contributed by atoms with Crippen molar-refractivity contribution in [2.45, 2.75) is 33.0 Å². The molecule has 0 radical (unpaired) electrons. The van der Waals surface area contributed by atoms with Gasteiger partial charge in [0, 0.05) is 13.1 Å². The molecular weight excluding hydrogens is 245 g/mol. The maximum atomic E-state index is 12.6. The smallest absolute Gasteiger partial charge is 0.344 e. The third kappa shape index (κ3) is 2.94. The van der Waals surface area contributed by atoms with E-state index in [1.807, 2.05) is 6.07 Å². The van der Waals surface area contributed by atoms with Gasteiger partial charge in [-0.2, -0.15) is 23.5 Å². The summed E-state index contributed by atoms with van der Waals surface area (Å²) in [7, 11) is 1.54. The molecular formula is C11H15F3N4. The topological polar surface area (TPSA) is 44.9 Å². The summed E-state index contributed by atoms with van der Waals surface area (Å²) in [6.07, 6.45) is -4.32. The Bertz CT molecular complexity index is 468. The minimum atomic E-state index is -4.32. The standard InChI is InChI=1S/C11H15F3N4/c1-7(2)18(6-11(12,13)14)10-9(5-15)8(3)16-17(10)4/h7H,6H2,1-4H3. The van der Waals surface area contributed by atoms with Crippen molar-refractivity contribution in [3.8, 4) is 6.07 Å². The molecule has 0 fully saturated rings. The fraction of sp³-hybridized carbons (Fsp3) is 0.636. The average Bonchev–Trinajstić information content (AvgIpc) is 2.47. The Labute approximate surface area is 104 Å². The zero-order valence-corrected chi connectivity index (χ0v) is 10.7. The van der Waals surface area contributed by atoms with Crippen molar-refractivity contribution in [1.82, 2.24) is 9.78 Å². The first-order valence-corrected chi connectivity index (χ1v) is 5.44. The number of aryl methyl sites for hydroxylation is 2. The predicted octanol–water partition coefficient (Wildman–Crippen LogP) is 2.38. The molecule has 0 amide bonds. The zero-order valence-electron chi connectivity index (χ0n) is 10.7. The van der Waals surface area contributed by atoms with Crippen molar-refractivity contribution in [1.29, 1.82) is 5.26 Å². The van der Waals surface area contributed by atoms with Crippen LogP contribution < -0.4 is 4.90 Å². The molecule has 0 unspecified atom stereocenters. The highest BCUT2D eigenvalue weighted by Crippen LogP contribution is 2.28. The number of rotatable bonds is 3. The molecule has 0 aliphatic heterocycles. The van der Waals surface area contributed by atoms with Crippen LogP contribution in [0.2, 0.25) is 0 Å². The highest BCUT2D eigenvalue weighted by Gasteiger charge is 2.34. The van der Waals surface area contributed by atoms with E-state index in [4.69, 9.17) is 5.26 Å². The molecule has 0 saturated carbocycles. The molecule has 1 aromatic rings. The van der Waals surface area contributed by atoms with Crippen molar-refractivity contribution in [3.05, 3.63) is 11.3 Å². The largest absolute Gasteiger partial charge is 0.405 e. The van der Waals surface area contributed by atoms with Crippen LogP contribution in [-0.2, 0) is 7.05 Å². The molecule has 0 N–H and O–H groups in total. The SMILES string of the molecule is Cc1nn(C)c(N(CC(F)(F)F)C(C)C)c1C#N. The van der Waals surface area contributed by atoms with E-state index in [9.17, 15) is 13.2 Å². The minimum absolute atomic E-state index is 0.190. The molecule has 1 rings (SSSR count). The quantitative estimate of drug-likeness (QED) is 0.838. The van der Waals surface area contributed by atoms with Crippen molar-refractivity contribution < 1.29 is 13.2 Å². The molecule has 0 aliphatic rings. The van der Waals surface area contributed by atoms with E-state index in [0.717, 1.165) is 4.90 Å². The van der Waals surface area contributed by atoms with Crippen LogP contribution >= 0.6 is 0 Å². The van der Waals surface area contributed by atoms with Gasteiger partial charge in [0.1, 0.15) is 24.0 Å². The molecule has 7 heteroatoms. The van der Waals surface area contributed by atoms with E-state index >= 15 is 0 Å². The van der Waals surface area contributed by atoms with E-state index in [0.29, 0.717) is 5.69 Å². The summed E-state index contributed by atoms with van der Waals surface area (Å²) in [6.45, 7) is 3.80. The number of halogens is 3. The van der Waals surface area contributed by atoms with Gasteiger partial charge >= 0.3 is 6.18 Å². The number of hydrogen-bond acceptors (Lipinski definition) is 3. The van der Waals surface area contributed by atoms with Gasteiger partial charge in [0.15, 0.2) is 0 Å². The Balaban J connectivity index is 3.27. The van der Waals surface area contributed by atoms with Gasteiger partial charge in [-0.3, -0.25) is 4.68 Å². The van der Waals surface area contributed by atoms with Crippen LogP contribution in [0.3, 0.4) is 0 Å². The Morgan fingerprint density at radius 2 is 2.00 bits per heavy atom. The first-order chi connectivity index (χ1) is 8.17. The number of anilines is 1. The van der Waals surface area contributed by atoms with E-state index < -0.39 is 12.7 Å². The maximum absolute atomic E-state index is 12.6. The van der Waals surface area contributed by atoms with Gasteiger partial charge in [0.25, 0.3) is 0 Å². The minimum Gasteiger partial charge on any atom is -0.344 e. The Hall–Kier alpha value is -1.71. The van der Waals surface area contributed by atoms with Gasteiger partial charge in [-0.05, 0) is 20.8 Å². The van der Waals surface area contributed by atoms with Crippen LogP contribution in [0.4, 0.5) is 19.0 Å². The monoisotopic (exact) mass is 260 g/mol. The lowest BCUT2D eigenvalue weighted by Gasteiger charge is -2.29. The summed E-state index contributed by atoms with van der Waals surface area (Å²) in [6, 6.07) is 1.53. The Morgan fingerprint density at radius 1 is 1.44 bits per heavy atom. The van der Waals surface area contributed by atoms with Crippen LogP contribution in [0, 0.1) is 18.3 Å². The molecule has 1 heterocycles. The third-order valence-corrected chi connectivity index (χ3v) is 2.55. The lowest BCUT2D eigenvalue weighted by atomic mass is 10.2. The number of aromatic nitrogens is 2. The fourth-order valence-corrected chi connectivity index (χ4v) is 1.80. The number of hydrogen-bond donors (Lipinski definition) is 0. The summed E-state index contributed by atoms with van der Waals surface area (Å²) >= 11 is 0. The van der Waals surface area contributed by atoms with E-state index in [-0.39, 0.29) is 17.4 Å². The summed E-state index contributed by atoms with van der Waals surface area (Å²) in [4.78, 5) is 1.14. The van der Waals surface area contributed by atoms with Crippen LogP contribution in [0.15, 0.2) is 0 Å². The molecule has 100 valence electrons. The maximum Gasteiger partial charge on any atom is 0.405 e. The zero-order chi connectivity index (χ0) is 14.1. The molecule has 4 nitrogen and oxygen atoms in total. The highest BCUT2D eigenvalue weighted by molar-refractivity contribution is 5.57. The number of nitriles is 1. The molecule has 1 aromatic heterocycles. The van der Waals surface area contributed by atoms with Crippen molar-refractivity contribution >= 4 is 5.82 Å². The first kappa shape index (κ1) is 14.4. The van der Waals surface area contributed by atoms with Crippen LogP contribution in [0.5, 0.6) is 0 Å². The second-order valence-electron chi connectivity index (χ2n) is 4.36. The molecule has 0 spiro atoms. The van der Waals surface area contributed by atoms with Crippen molar-refractivity contribution in [3.63, 3.8) is 0 Å². The number of alkyl halides is 3. The molecule has 0 saturated heterocycles. The summed E-state index contributed by atoms with van der Waals surface area (Å²) in [5.41, 5.74) is 0.623. The Morgan fingerprint density at radius 3 is 2.39 bits per heavy atom. The Kier molecular flexibility index (Phi) is 3.89. The lowest BCUT2D eigenvalue weighted by Crippen LogP contribution is -2.40. The van der Waals surface area contributed by atoms with Crippen LogP contribution in [0.1, 0.15) is 25.1 Å². The van der Waals surface area contributed by atoms with Gasteiger partial charge in [0.05, 0.1) is 5.69 Å². The number of nitrogens with zero attached hydrogens (tertiary/aromatic N) is 4. The van der Waals surface area contributed by atoms with Crippen molar-refractivity contribution in [2.75, 3.05) is 11.4 Å². The summed E-state index contributed by atoms with van der Waals surface area (Å²) in [5.74, 6) is 0.210. The second kappa shape index (κ2) is 4.88. The van der Waals surface area contributed by atoms with Crippen molar-refractivity contribution in [2.24, 2.45) is 7.05 Å². The molecule has 18 heavy (non-hydrogen) atoms. The van der Waals surface area contributed by atoms with Crippen LogP contribution in [0.25, 0.3) is 0 Å². The molecule has 0 aromatic carbocycles. The van der Waals surface area contributed by atoms with Gasteiger partial charge in [-0.25, -0.2) is 0 Å². The van der Waals surface area contributed by atoms with E-state index in [2.05, 4.69) is 5.10 Å². The normalized spacial score (nSPS) is 11.7. The molecule has 0 bridgehead atoms. The van der Waals surface area contributed by atoms with E-state index in [1.165, 1.54) is 11.7 Å².